The van der Waals surface area contributed by atoms with E-state index in [4.69, 9.17) is 37.4 Å². The summed E-state index contributed by atoms with van der Waals surface area (Å²) >= 11 is 11.4. The van der Waals surface area contributed by atoms with E-state index in [0.29, 0.717) is 22.8 Å². The van der Waals surface area contributed by atoms with Gasteiger partial charge >= 0.3 is 0 Å². The molecule has 0 aliphatic rings. The average molecular weight is 333 g/mol. The maximum absolute atomic E-state index is 13.4. The fourth-order valence-corrected chi connectivity index (χ4v) is 2.12. The van der Waals surface area contributed by atoms with Crippen molar-refractivity contribution in [2.24, 2.45) is 0 Å². The highest BCUT2D eigenvalue weighted by Gasteiger charge is 2.21. The molecule has 0 saturated carbocycles. The second-order valence-corrected chi connectivity index (χ2v) is 4.57. The number of methoxy groups -OCH3 is 3. The zero-order valence-electron chi connectivity index (χ0n) is 11.4. The highest BCUT2D eigenvalue weighted by atomic mass is 35.5. The Kier molecular flexibility index (Phi) is 4.69. The highest BCUT2D eigenvalue weighted by Crippen LogP contribution is 2.41. The third-order valence-corrected chi connectivity index (χ3v) is 3.21. The molecule has 21 heavy (non-hydrogen) atoms. The molecule has 112 valence electrons. The largest absolute Gasteiger partial charge is 0.496 e. The second kappa shape index (κ2) is 6.32. The van der Waals surface area contributed by atoms with Gasteiger partial charge in [0.2, 0.25) is 0 Å². The van der Waals surface area contributed by atoms with Gasteiger partial charge < -0.3 is 14.2 Å². The summed E-state index contributed by atoms with van der Waals surface area (Å²) in [5, 5.41) is -0.769. The Labute approximate surface area is 130 Å². The number of benzene rings is 1. The van der Waals surface area contributed by atoms with Gasteiger partial charge in [-0.3, -0.25) is 0 Å². The maximum Gasteiger partial charge on any atom is 0.197 e. The van der Waals surface area contributed by atoms with E-state index >= 15 is 0 Å². The molecule has 0 saturated heterocycles. The zero-order valence-corrected chi connectivity index (χ0v) is 12.9. The Morgan fingerprint density at radius 1 is 0.905 bits per heavy atom. The maximum atomic E-state index is 13.4. The lowest BCUT2D eigenvalue weighted by molar-refractivity contribution is 0.377. The van der Waals surface area contributed by atoms with Crippen molar-refractivity contribution in [3.8, 4) is 28.6 Å². The van der Waals surface area contributed by atoms with Crippen LogP contribution in [0.3, 0.4) is 0 Å². The zero-order chi connectivity index (χ0) is 15.6. The molecule has 2 aromatic rings. The van der Waals surface area contributed by atoms with E-state index in [1.165, 1.54) is 21.3 Å². The van der Waals surface area contributed by atoms with Gasteiger partial charge in [0.15, 0.2) is 21.9 Å². The molecule has 0 radical (unpaired) electrons. The molecule has 0 atom stereocenters. The average Bonchev–Trinajstić information content (AvgIpc) is 2.50. The number of halogens is 3. The van der Waals surface area contributed by atoms with Crippen LogP contribution in [0.5, 0.6) is 17.2 Å². The van der Waals surface area contributed by atoms with Gasteiger partial charge in [-0.1, -0.05) is 23.2 Å². The molecule has 0 N–H and O–H groups in total. The lowest BCUT2D eigenvalue weighted by Crippen LogP contribution is -2.00. The van der Waals surface area contributed by atoms with Gasteiger partial charge in [-0.15, -0.1) is 0 Å². The summed E-state index contributed by atoms with van der Waals surface area (Å²) in [4.78, 5) is 7.74. The fourth-order valence-electron chi connectivity index (χ4n) is 1.73. The molecule has 0 amide bonds. The van der Waals surface area contributed by atoms with Crippen LogP contribution in [0.4, 0.5) is 4.39 Å². The number of aromatic nitrogens is 2. The summed E-state index contributed by atoms with van der Waals surface area (Å²) in [6, 6.07) is 3.23. The van der Waals surface area contributed by atoms with Gasteiger partial charge in [0, 0.05) is 12.1 Å². The van der Waals surface area contributed by atoms with Crippen LogP contribution in [0.15, 0.2) is 12.1 Å². The van der Waals surface area contributed by atoms with Crippen LogP contribution in [0.1, 0.15) is 0 Å². The number of hydrogen-bond acceptors (Lipinski definition) is 5. The van der Waals surface area contributed by atoms with Crippen LogP contribution < -0.4 is 14.2 Å². The van der Waals surface area contributed by atoms with Gasteiger partial charge in [0.1, 0.15) is 22.8 Å². The molecule has 1 aromatic carbocycles. The summed E-state index contributed by atoms with van der Waals surface area (Å²) in [7, 11) is 4.44. The molecular weight excluding hydrogens is 322 g/mol. The van der Waals surface area contributed by atoms with Crippen LogP contribution in [-0.2, 0) is 0 Å². The first-order chi connectivity index (χ1) is 10.0. The van der Waals surface area contributed by atoms with Crippen LogP contribution in [-0.4, -0.2) is 31.3 Å². The van der Waals surface area contributed by atoms with E-state index in [9.17, 15) is 4.39 Å². The van der Waals surface area contributed by atoms with Crippen molar-refractivity contribution in [3.63, 3.8) is 0 Å². The molecule has 2 rings (SSSR count). The number of hydrogen-bond donors (Lipinski definition) is 0. The smallest absolute Gasteiger partial charge is 0.197 e. The lowest BCUT2D eigenvalue weighted by Gasteiger charge is -2.14. The summed E-state index contributed by atoms with van der Waals surface area (Å²) in [6.45, 7) is 0. The standard InChI is InChI=1S/C13H11Cl2FN2O3/c1-19-6-4-7(20-2)9(8(5-6)21-3)13-17-11(14)10(16)12(15)18-13/h4-5H,1-3H3. The van der Waals surface area contributed by atoms with E-state index in [1.807, 2.05) is 0 Å². The minimum atomic E-state index is -0.881. The SMILES string of the molecule is COc1cc(OC)c(-c2nc(Cl)c(F)c(Cl)n2)c(OC)c1. The predicted octanol–water partition coefficient (Wildman–Crippen LogP) is 3.62. The molecule has 8 heteroatoms. The third kappa shape index (κ3) is 2.96. The molecule has 0 bridgehead atoms. The normalized spacial score (nSPS) is 10.4. The number of ether oxygens (including phenoxy) is 3. The van der Waals surface area contributed by atoms with Gasteiger partial charge in [0.25, 0.3) is 0 Å². The van der Waals surface area contributed by atoms with Crippen molar-refractivity contribution in [3.05, 3.63) is 28.3 Å². The monoisotopic (exact) mass is 332 g/mol. The highest BCUT2D eigenvalue weighted by molar-refractivity contribution is 6.33. The van der Waals surface area contributed by atoms with Gasteiger partial charge in [-0.25, -0.2) is 14.4 Å². The van der Waals surface area contributed by atoms with Crippen molar-refractivity contribution in [2.45, 2.75) is 0 Å². The Balaban J connectivity index is 2.73. The van der Waals surface area contributed by atoms with Crippen LogP contribution >= 0.6 is 23.2 Å². The number of nitrogens with zero attached hydrogens (tertiary/aromatic N) is 2. The lowest BCUT2D eigenvalue weighted by atomic mass is 10.1. The first-order valence-electron chi connectivity index (χ1n) is 5.70. The van der Waals surface area contributed by atoms with Crippen molar-refractivity contribution in [1.82, 2.24) is 9.97 Å². The molecule has 0 aliphatic heterocycles. The van der Waals surface area contributed by atoms with Gasteiger partial charge in [0.05, 0.1) is 21.3 Å². The Morgan fingerprint density at radius 3 is 1.76 bits per heavy atom. The Morgan fingerprint density at radius 2 is 1.38 bits per heavy atom. The molecule has 0 unspecified atom stereocenters. The quantitative estimate of drug-likeness (QED) is 0.800. The van der Waals surface area contributed by atoms with Gasteiger partial charge in [-0.2, -0.15) is 0 Å². The van der Waals surface area contributed by atoms with E-state index < -0.39 is 5.82 Å². The minimum absolute atomic E-state index is 0.0859. The summed E-state index contributed by atoms with van der Waals surface area (Å²) in [6.07, 6.45) is 0. The molecular formula is C13H11Cl2FN2O3. The van der Waals surface area contributed by atoms with Crippen molar-refractivity contribution >= 4 is 23.2 Å². The molecule has 1 heterocycles. The van der Waals surface area contributed by atoms with Crippen LogP contribution in [0, 0.1) is 5.82 Å². The molecule has 0 fully saturated rings. The Hall–Kier alpha value is -1.79. The van der Waals surface area contributed by atoms with E-state index in [1.54, 1.807) is 12.1 Å². The van der Waals surface area contributed by atoms with E-state index in [0.717, 1.165) is 0 Å². The van der Waals surface area contributed by atoms with E-state index in [-0.39, 0.29) is 16.1 Å². The van der Waals surface area contributed by atoms with Crippen molar-refractivity contribution < 1.29 is 18.6 Å². The molecule has 0 spiro atoms. The summed E-state index contributed by atoms with van der Waals surface area (Å²) in [5.41, 5.74) is 0.393. The summed E-state index contributed by atoms with van der Waals surface area (Å²) in [5.74, 6) is 0.484. The second-order valence-electron chi connectivity index (χ2n) is 3.85. The Bertz CT molecular complexity index is 634. The first-order valence-corrected chi connectivity index (χ1v) is 6.46. The van der Waals surface area contributed by atoms with Crippen molar-refractivity contribution in [2.75, 3.05) is 21.3 Å². The molecule has 0 aliphatic carbocycles. The first kappa shape index (κ1) is 15.6. The van der Waals surface area contributed by atoms with Crippen LogP contribution in [0.2, 0.25) is 10.3 Å². The third-order valence-electron chi connectivity index (χ3n) is 2.71. The minimum Gasteiger partial charge on any atom is -0.496 e. The van der Waals surface area contributed by atoms with Gasteiger partial charge in [-0.05, 0) is 0 Å². The van der Waals surface area contributed by atoms with Crippen LogP contribution in [0.25, 0.3) is 11.4 Å². The fraction of sp³-hybridized carbons (Fsp3) is 0.231. The van der Waals surface area contributed by atoms with E-state index in [2.05, 4.69) is 9.97 Å². The number of rotatable bonds is 4. The molecule has 5 nitrogen and oxygen atoms in total. The predicted molar refractivity (Wildman–Crippen MR) is 77.1 cm³/mol. The van der Waals surface area contributed by atoms with Crippen molar-refractivity contribution in [1.29, 1.82) is 0 Å². The topological polar surface area (TPSA) is 53.5 Å². The molecule has 1 aromatic heterocycles. The summed E-state index contributed by atoms with van der Waals surface area (Å²) < 4.78 is 29.1.